The van der Waals surface area contributed by atoms with Crippen LogP contribution in [0.4, 0.5) is 9.18 Å². The number of piperidine rings is 1. The molecule has 1 aliphatic heterocycles. The maximum absolute atomic E-state index is 13.1. The van der Waals surface area contributed by atoms with Crippen LogP contribution in [0.5, 0.6) is 0 Å². The fourth-order valence-corrected chi connectivity index (χ4v) is 3.12. The predicted octanol–water partition coefficient (Wildman–Crippen LogP) is 3.31. The van der Waals surface area contributed by atoms with Crippen molar-refractivity contribution in [2.75, 3.05) is 19.6 Å². The van der Waals surface area contributed by atoms with E-state index in [1.54, 1.807) is 4.90 Å². The smallest absolute Gasteiger partial charge is 0.410 e. The van der Waals surface area contributed by atoms with Gasteiger partial charge in [0.1, 0.15) is 6.61 Å². The van der Waals surface area contributed by atoms with E-state index in [0.717, 1.165) is 24.5 Å². The van der Waals surface area contributed by atoms with Gasteiger partial charge >= 0.3 is 6.09 Å². The van der Waals surface area contributed by atoms with Crippen LogP contribution < -0.4 is 5.32 Å². The van der Waals surface area contributed by atoms with Crippen molar-refractivity contribution < 1.29 is 18.7 Å². The first-order valence-electron chi connectivity index (χ1n) is 9.38. The van der Waals surface area contributed by atoms with Gasteiger partial charge in [0.2, 0.25) is 5.95 Å². The monoisotopic (exact) mass is 385 g/mol. The van der Waals surface area contributed by atoms with Gasteiger partial charge in [0.05, 0.1) is 0 Å². The Morgan fingerprint density at radius 2 is 1.93 bits per heavy atom. The molecule has 1 fully saturated rings. The number of hydrogen-bond donors (Lipinski definition) is 1. The van der Waals surface area contributed by atoms with Crippen molar-refractivity contribution in [3.05, 3.63) is 65.2 Å². The molecule has 1 saturated heterocycles. The summed E-state index contributed by atoms with van der Waals surface area (Å²) in [7, 11) is 0. The van der Waals surface area contributed by atoms with E-state index in [1.165, 1.54) is 17.8 Å². The number of carbonyl (C=O) groups is 2. The predicted molar refractivity (Wildman–Crippen MR) is 102 cm³/mol. The van der Waals surface area contributed by atoms with Gasteiger partial charge in [0, 0.05) is 37.5 Å². The highest BCUT2D eigenvalue weighted by molar-refractivity contribution is 5.93. The molecule has 28 heavy (non-hydrogen) atoms. The van der Waals surface area contributed by atoms with E-state index in [0.29, 0.717) is 19.6 Å². The van der Waals surface area contributed by atoms with E-state index in [1.807, 2.05) is 31.2 Å². The van der Waals surface area contributed by atoms with Crippen molar-refractivity contribution in [3.8, 4) is 0 Å². The zero-order chi connectivity index (χ0) is 19.9. The molecule has 0 unspecified atom stereocenters. The van der Waals surface area contributed by atoms with Crippen LogP contribution in [-0.2, 0) is 11.3 Å². The average Bonchev–Trinajstić information content (AvgIpc) is 2.71. The number of nitrogens with zero attached hydrogens (tertiary/aromatic N) is 2. The average molecular weight is 385 g/mol. The highest BCUT2D eigenvalue weighted by Crippen LogP contribution is 2.18. The zero-order valence-corrected chi connectivity index (χ0v) is 15.9. The molecule has 0 bridgehead atoms. The first-order chi connectivity index (χ1) is 13.5. The number of aryl methyl sites for hydroxylation is 1. The van der Waals surface area contributed by atoms with Gasteiger partial charge in [-0.25, -0.2) is 9.78 Å². The van der Waals surface area contributed by atoms with Crippen molar-refractivity contribution in [2.45, 2.75) is 26.4 Å². The SMILES string of the molecule is Cc1ccc(COC(=O)N2CCC(CNC(=O)c3ccnc(F)c3)CC2)cc1. The van der Waals surface area contributed by atoms with Crippen LogP contribution in [0.15, 0.2) is 42.6 Å². The molecule has 1 aromatic heterocycles. The summed E-state index contributed by atoms with van der Waals surface area (Å²) >= 11 is 0. The summed E-state index contributed by atoms with van der Waals surface area (Å²) in [5.41, 5.74) is 2.38. The van der Waals surface area contributed by atoms with E-state index >= 15 is 0 Å². The zero-order valence-electron chi connectivity index (χ0n) is 15.9. The third-order valence-corrected chi connectivity index (χ3v) is 4.90. The van der Waals surface area contributed by atoms with Gasteiger partial charge in [-0.3, -0.25) is 4.79 Å². The molecule has 1 aromatic carbocycles. The number of carbonyl (C=O) groups excluding carboxylic acids is 2. The van der Waals surface area contributed by atoms with Crippen molar-refractivity contribution in [1.82, 2.24) is 15.2 Å². The van der Waals surface area contributed by atoms with Crippen LogP contribution in [-0.4, -0.2) is 41.5 Å². The Balaban J connectivity index is 1.38. The number of rotatable bonds is 5. The van der Waals surface area contributed by atoms with Crippen LogP contribution in [0.25, 0.3) is 0 Å². The van der Waals surface area contributed by atoms with Crippen LogP contribution in [0, 0.1) is 18.8 Å². The van der Waals surface area contributed by atoms with Crippen molar-refractivity contribution >= 4 is 12.0 Å². The third-order valence-electron chi connectivity index (χ3n) is 4.90. The van der Waals surface area contributed by atoms with Gasteiger partial charge in [-0.15, -0.1) is 0 Å². The van der Waals surface area contributed by atoms with Gasteiger partial charge in [0.15, 0.2) is 0 Å². The van der Waals surface area contributed by atoms with E-state index < -0.39 is 5.95 Å². The molecular weight excluding hydrogens is 361 g/mol. The Morgan fingerprint density at radius 1 is 1.21 bits per heavy atom. The van der Waals surface area contributed by atoms with E-state index in [9.17, 15) is 14.0 Å². The molecule has 1 aliphatic rings. The molecule has 1 N–H and O–H groups in total. The summed E-state index contributed by atoms with van der Waals surface area (Å²) < 4.78 is 18.5. The summed E-state index contributed by atoms with van der Waals surface area (Å²) in [4.78, 5) is 29.4. The minimum absolute atomic E-state index is 0.254. The quantitative estimate of drug-likeness (QED) is 0.802. The second-order valence-corrected chi connectivity index (χ2v) is 7.05. The molecule has 2 heterocycles. The molecular formula is C21H24FN3O3. The molecule has 0 spiro atoms. The Morgan fingerprint density at radius 3 is 2.61 bits per heavy atom. The second-order valence-electron chi connectivity index (χ2n) is 7.05. The van der Waals surface area contributed by atoms with Crippen molar-refractivity contribution in [3.63, 3.8) is 0 Å². The summed E-state index contributed by atoms with van der Waals surface area (Å²) in [6.45, 7) is 3.96. The molecule has 148 valence electrons. The molecule has 0 atom stereocenters. The number of hydrogen-bond acceptors (Lipinski definition) is 4. The standard InChI is InChI=1S/C21H24FN3O3/c1-15-2-4-17(5-3-15)14-28-21(27)25-10-7-16(8-11-25)13-24-20(26)18-6-9-23-19(22)12-18/h2-6,9,12,16H,7-8,10-11,13-14H2,1H3,(H,24,26). The van der Waals surface area contributed by atoms with Crippen LogP contribution in [0.2, 0.25) is 0 Å². The second kappa shape index (κ2) is 9.30. The fourth-order valence-electron chi connectivity index (χ4n) is 3.12. The highest BCUT2D eigenvalue weighted by atomic mass is 19.1. The fraction of sp³-hybridized carbons (Fsp3) is 0.381. The number of ether oxygens (including phenoxy) is 1. The molecule has 6 nitrogen and oxygen atoms in total. The summed E-state index contributed by atoms with van der Waals surface area (Å²) in [6, 6.07) is 10.5. The number of halogens is 1. The largest absolute Gasteiger partial charge is 0.445 e. The number of nitrogens with one attached hydrogen (secondary N) is 1. The summed E-state index contributed by atoms with van der Waals surface area (Å²) in [6.07, 6.45) is 2.52. The first kappa shape index (κ1) is 19.8. The van der Waals surface area contributed by atoms with E-state index in [2.05, 4.69) is 10.3 Å². The van der Waals surface area contributed by atoms with Gasteiger partial charge < -0.3 is 15.0 Å². The Hall–Kier alpha value is -2.96. The minimum atomic E-state index is -0.676. The molecule has 0 radical (unpaired) electrons. The molecule has 2 amide bonds. The maximum atomic E-state index is 13.1. The summed E-state index contributed by atoms with van der Waals surface area (Å²) in [5, 5.41) is 2.82. The normalized spacial score (nSPS) is 14.6. The van der Waals surface area contributed by atoms with Crippen LogP contribution in [0.3, 0.4) is 0 Å². The van der Waals surface area contributed by atoms with E-state index in [4.69, 9.17) is 4.74 Å². The Labute approximate surface area is 163 Å². The Kier molecular flexibility index (Phi) is 6.57. The first-order valence-corrected chi connectivity index (χ1v) is 9.38. The lowest BCUT2D eigenvalue weighted by atomic mass is 9.97. The maximum Gasteiger partial charge on any atom is 0.410 e. The van der Waals surface area contributed by atoms with E-state index in [-0.39, 0.29) is 30.1 Å². The number of likely N-dealkylation sites (tertiary alicyclic amines) is 1. The number of pyridine rings is 1. The third kappa shape index (κ3) is 5.52. The molecule has 3 rings (SSSR count). The van der Waals surface area contributed by atoms with Gasteiger partial charge in [0.25, 0.3) is 5.91 Å². The van der Waals surface area contributed by atoms with Gasteiger partial charge in [-0.2, -0.15) is 4.39 Å². The molecule has 7 heteroatoms. The van der Waals surface area contributed by atoms with Crippen molar-refractivity contribution in [1.29, 1.82) is 0 Å². The number of benzene rings is 1. The van der Waals surface area contributed by atoms with Crippen LogP contribution >= 0.6 is 0 Å². The van der Waals surface area contributed by atoms with Crippen LogP contribution in [0.1, 0.15) is 34.3 Å². The number of aromatic nitrogens is 1. The number of amides is 2. The molecule has 0 saturated carbocycles. The van der Waals surface area contributed by atoms with Gasteiger partial charge in [-0.05, 0) is 37.3 Å². The summed E-state index contributed by atoms with van der Waals surface area (Å²) in [5.74, 6) is -0.719. The molecule has 2 aromatic rings. The highest BCUT2D eigenvalue weighted by Gasteiger charge is 2.24. The Bertz CT molecular complexity index is 818. The minimum Gasteiger partial charge on any atom is -0.445 e. The van der Waals surface area contributed by atoms with Crippen molar-refractivity contribution in [2.24, 2.45) is 5.92 Å². The lowest BCUT2D eigenvalue weighted by Gasteiger charge is -2.31. The molecule has 0 aliphatic carbocycles. The lowest BCUT2D eigenvalue weighted by Crippen LogP contribution is -2.41. The van der Waals surface area contributed by atoms with Gasteiger partial charge in [-0.1, -0.05) is 29.8 Å². The lowest BCUT2D eigenvalue weighted by molar-refractivity contribution is 0.0800. The topological polar surface area (TPSA) is 71.5 Å².